The van der Waals surface area contributed by atoms with Gasteiger partial charge in [0.2, 0.25) is 10.0 Å². The molecule has 1 aromatic rings. The summed E-state index contributed by atoms with van der Waals surface area (Å²) < 4.78 is 31.3. The van der Waals surface area contributed by atoms with Crippen LogP contribution in [0.1, 0.15) is 26.2 Å². The second-order valence-electron chi connectivity index (χ2n) is 4.74. The summed E-state index contributed by atoms with van der Waals surface area (Å²) in [5.74, 6) is 1.31. The first kappa shape index (κ1) is 13.4. The molecule has 0 heterocycles. The second kappa shape index (κ2) is 5.28. The molecule has 0 aromatic heterocycles. The van der Waals surface area contributed by atoms with Crippen molar-refractivity contribution in [1.82, 2.24) is 4.72 Å². The minimum atomic E-state index is -3.36. The Bertz CT molecular complexity index is 495. The number of hydrogen-bond donors (Lipinski definition) is 1. The van der Waals surface area contributed by atoms with Gasteiger partial charge in [-0.15, -0.1) is 0 Å². The molecule has 1 saturated carbocycles. The van der Waals surface area contributed by atoms with E-state index in [1.165, 1.54) is 19.9 Å². The number of ether oxygens (including phenoxy) is 1. The molecule has 0 spiro atoms. The molecule has 1 aromatic carbocycles. The van der Waals surface area contributed by atoms with Crippen LogP contribution in [-0.4, -0.2) is 21.6 Å². The lowest BCUT2D eigenvalue weighted by Crippen LogP contribution is -2.20. The Balaban J connectivity index is 2.08. The van der Waals surface area contributed by atoms with Crippen LogP contribution < -0.4 is 9.46 Å². The minimum absolute atomic E-state index is 0.261. The smallest absolute Gasteiger partial charge is 0.240 e. The zero-order chi connectivity index (χ0) is 13.2. The SMILES string of the molecule is CNS(=O)(=O)c1ccc(OC2CCCC2C)cc1. The fourth-order valence-corrected chi connectivity index (χ4v) is 3.01. The molecular formula is C13H19NO3S. The second-order valence-corrected chi connectivity index (χ2v) is 6.63. The van der Waals surface area contributed by atoms with Gasteiger partial charge in [-0.05, 0) is 56.5 Å². The molecule has 0 radical (unpaired) electrons. The molecule has 0 aliphatic heterocycles. The maximum atomic E-state index is 11.6. The standard InChI is InChI=1S/C13H19NO3S/c1-10-4-3-5-13(10)17-11-6-8-12(9-7-11)18(15,16)14-2/h6-10,13-14H,3-5H2,1-2H3. The van der Waals surface area contributed by atoms with Crippen molar-refractivity contribution in [3.05, 3.63) is 24.3 Å². The lowest BCUT2D eigenvalue weighted by atomic mass is 10.1. The van der Waals surface area contributed by atoms with Gasteiger partial charge in [-0.1, -0.05) is 6.92 Å². The van der Waals surface area contributed by atoms with Crippen molar-refractivity contribution in [2.45, 2.75) is 37.2 Å². The summed E-state index contributed by atoms with van der Waals surface area (Å²) in [6, 6.07) is 6.58. The zero-order valence-corrected chi connectivity index (χ0v) is 11.5. The van der Waals surface area contributed by atoms with Gasteiger partial charge in [-0.25, -0.2) is 13.1 Å². The monoisotopic (exact) mass is 269 g/mol. The first-order valence-corrected chi connectivity index (χ1v) is 7.71. The molecule has 0 amide bonds. The van der Waals surface area contributed by atoms with Gasteiger partial charge in [-0.2, -0.15) is 0 Å². The van der Waals surface area contributed by atoms with E-state index in [1.54, 1.807) is 24.3 Å². The van der Waals surface area contributed by atoms with Crippen molar-refractivity contribution in [2.75, 3.05) is 7.05 Å². The van der Waals surface area contributed by atoms with E-state index in [4.69, 9.17) is 4.74 Å². The molecule has 0 bridgehead atoms. The van der Waals surface area contributed by atoms with E-state index in [2.05, 4.69) is 11.6 Å². The lowest BCUT2D eigenvalue weighted by Gasteiger charge is -2.18. The van der Waals surface area contributed by atoms with Crippen molar-refractivity contribution in [3.8, 4) is 5.75 Å². The van der Waals surface area contributed by atoms with Gasteiger partial charge in [0, 0.05) is 0 Å². The summed E-state index contributed by atoms with van der Waals surface area (Å²) in [7, 11) is -1.96. The number of rotatable bonds is 4. The fourth-order valence-electron chi connectivity index (χ4n) is 2.28. The Morgan fingerprint density at radius 3 is 2.39 bits per heavy atom. The van der Waals surface area contributed by atoms with Gasteiger partial charge in [0.05, 0.1) is 4.90 Å². The third kappa shape index (κ3) is 2.84. The summed E-state index contributed by atoms with van der Waals surface area (Å²) in [5, 5.41) is 0. The van der Waals surface area contributed by atoms with E-state index in [9.17, 15) is 8.42 Å². The Kier molecular flexibility index (Phi) is 3.92. The third-order valence-electron chi connectivity index (χ3n) is 3.47. The molecule has 2 atom stereocenters. The molecule has 1 aliphatic carbocycles. The van der Waals surface area contributed by atoms with Crippen molar-refractivity contribution < 1.29 is 13.2 Å². The van der Waals surface area contributed by atoms with Crippen molar-refractivity contribution in [1.29, 1.82) is 0 Å². The normalized spacial score (nSPS) is 24.1. The Hall–Kier alpha value is -1.07. The average Bonchev–Trinajstić information content (AvgIpc) is 2.76. The molecule has 1 fully saturated rings. The highest BCUT2D eigenvalue weighted by molar-refractivity contribution is 7.89. The predicted octanol–water partition coefficient (Wildman–Crippen LogP) is 2.16. The summed E-state index contributed by atoms with van der Waals surface area (Å²) in [6.07, 6.45) is 3.75. The third-order valence-corrected chi connectivity index (χ3v) is 4.90. The maximum absolute atomic E-state index is 11.6. The summed E-state index contributed by atoms with van der Waals surface area (Å²) in [5.41, 5.74) is 0. The highest BCUT2D eigenvalue weighted by atomic mass is 32.2. The Morgan fingerprint density at radius 2 is 1.89 bits per heavy atom. The number of benzene rings is 1. The van der Waals surface area contributed by atoms with Gasteiger partial charge in [-0.3, -0.25) is 0 Å². The van der Waals surface area contributed by atoms with Crippen molar-refractivity contribution in [2.24, 2.45) is 5.92 Å². The van der Waals surface area contributed by atoms with E-state index in [0.717, 1.165) is 12.2 Å². The molecule has 18 heavy (non-hydrogen) atoms. The molecular weight excluding hydrogens is 250 g/mol. The zero-order valence-electron chi connectivity index (χ0n) is 10.7. The van der Waals surface area contributed by atoms with Crippen LogP contribution >= 0.6 is 0 Å². The van der Waals surface area contributed by atoms with Gasteiger partial charge >= 0.3 is 0 Å². The van der Waals surface area contributed by atoms with E-state index in [-0.39, 0.29) is 11.0 Å². The van der Waals surface area contributed by atoms with E-state index < -0.39 is 10.0 Å². The van der Waals surface area contributed by atoms with Gasteiger partial charge in [0.15, 0.2) is 0 Å². The van der Waals surface area contributed by atoms with Crippen LogP contribution in [0.4, 0.5) is 0 Å². The minimum Gasteiger partial charge on any atom is -0.490 e. The quantitative estimate of drug-likeness (QED) is 0.911. The molecule has 2 unspecified atom stereocenters. The molecule has 4 nitrogen and oxygen atoms in total. The van der Waals surface area contributed by atoms with Crippen LogP contribution in [0.15, 0.2) is 29.2 Å². The first-order valence-electron chi connectivity index (χ1n) is 6.23. The first-order chi connectivity index (χ1) is 8.53. The van der Waals surface area contributed by atoms with Crippen molar-refractivity contribution in [3.63, 3.8) is 0 Å². The average molecular weight is 269 g/mol. The highest BCUT2D eigenvalue weighted by Gasteiger charge is 2.25. The maximum Gasteiger partial charge on any atom is 0.240 e. The summed E-state index contributed by atoms with van der Waals surface area (Å²) >= 11 is 0. The Labute approximate surface area is 108 Å². The number of sulfonamides is 1. The van der Waals surface area contributed by atoms with Crippen LogP contribution in [-0.2, 0) is 10.0 Å². The van der Waals surface area contributed by atoms with Gasteiger partial charge < -0.3 is 4.74 Å². The van der Waals surface area contributed by atoms with Crippen LogP contribution in [0, 0.1) is 5.92 Å². The lowest BCUT2D eigenvalue weighted by molar-refractivity contribution is 0.167. The Morgan fingerprint density at radius 1 is 1.22 bits per heavy atom. The highest BCUT2D eigenvalue weighted by Crippen LogP contribution is 2.29. The largest absolute Gasteiger partial charge is 0.490 e. The van der Waals surface area contributed by atoms with Crippen molar-refractivity contribution >= 4 is 10.0 Å². The van der Waals surface area contributed by atoms with E-state index >= 15 is 0 Å². The van der Waals surface area contributed by atoms with Crippen LogP contribution in [0.3, 0.4) is 0 Å². The van der Waals surface area contributed by atoms with Gasteiger partial charge in [0.1, 0.15) is 11.9 Å². The molecule has 0 saturated heterocycles. The molecule has 100 valence electrons. The molecule has 2 rings (SSSR count). The number of nitrogens with one attached hydrogen (secondary N) is 1. The number of hydrogen-bond acceptors (Lipinski definition) is 3. The molecule has 1 N–H and O–H groups in total. The van der Waals surface area contributed by atoms with E-state index in [0.29, 0.717) is 5.92 Å². The van der Waals surface area contributed by atoms with Gasteiger partial charge in [0.25, 0.3) is 0 Å². The predicted molar refractivity (Wildman–Crippen MR) is 70.1 cm³/mol. The molecule has 1 aliphatic rings. The fraction of sp³-hybridized carbons (Fsp3) is 0.538. The molecule has 5 heteroatoms. The van der Waals surface area contributed by atoms with Crippen LogP contribution in [0.2, 0.25) is 0 Å². The topological polar surface area (TPSA) is 55.4 Å². The van der Waals surface area contributed by atoms with Crippen LogP contribution in [0.25, 0.3) is 0 Å². The summed E-state index contributed by atoms with van der Waals surface area (Å²) in [6.45, 7) is 2.19. The van der Waals surface area contributed by atoms with Crippen LogP contribution in [0.5, 0.6) is 5.75 Å². The summed E-state index contributed by atoms with van der Waals surface area (Å²) in [4.78, 5) is 0.261. The van der Waals surface area contributed by atoms with E-state index in [1.807, 2.05) is 0 Å².